The highest BCUT2D eigenvalue weighted by atomic mass is 35.5. The minimum atomic E-state index is -4.62. The van der Waals surface area contributed by atoms with Gasteiger partial charge < -0.3 is 34.4 Å². The van der Waals surface area contributed by atoms with Crippen molar-refractivity contribution in [3.63, 3.8) is 0 Å². The number of methoxy groups -OCH3 is 2. The summed E-state index contributed by atoms with van der Waals surface area (Å²) < 4.78 is 56.8. The molecule has 238 valence electrons. The summed E-state index contributed by atoms with van der Waals surface area (Å²) in [6.07, 6.45) is -3.93. The first-order valence-electron chi connectivity index (χ1n) is 13.7. The van der Waals surface area contributed by atoms with Crippen molar-refractivity contribution in [3.05, 3.63) is 58.7 Å². The predicted molar refractivity (Wildman–Crippen MR) is 160 cm³/mol. The van der Waals surface area contributed by atoms with Crippen molar-refractivity contribution in [2.24, 2.45) is 0 Å². The molecule has 4 rings (SSSR count). The monoisotopic (exact) mass is 638 g/mol. The normalized spacial score (nSPS) is 14.2. The molecule has 44 heavy (non-hydrogen) atoms. The van der Waals surface area contributed by atoms with E-state index in [1.54, 1.807) is 12.1 Å². The molecular weight excluding hydrogens is 605 g/mol. The number of nitrogens with zero attached hydrogens (tertiary/aromatic N) is 5. The van der Waals surface area contributed by atoms with Crippen LogP contribution in [0.15, 0.2) is 42.6 Å². The van der Waals surface area contributed by atoms with E-state index in [9.17, 15) is 23.1 Å². The zero-order valence-corrected chi connectivity index (χ0v) is 25.3. The molecule has 0 aliphatic carbocycles. The number of rotatable bonds is 12. The number of alkyl halides is 3. The topological polar surface area (TPSA) is 113 Å². The van der Waals surface area contributed by atoms with Crippen molar-refractivity contribution in [2.45, 2.75) is 19.1 Å². The maximum atomic E-state index is 13.3. The molecule has 0 saturated carbocycles. The standard InChI is InChI=1S/C29H34ClF3N6O5/c1-37-10-12-38(13-11-37)9-4-14-44-24-17-21(16-23(42-2)26(24)43-3)35-27-34-8-7-25(36-27)39(28(40)41)18-19-15-20(29(31,32)33)5-6-22(19)30/h5-8,15-17H,4,9-14,18H2,1-3H3,(H,40,41)(H,34,35,36). The molecule has 1 saturated heterocycles. The van der Waals surface area contributed by atoms with Crippen molar-refractivity contribution in [1.82, 2.24) is 19.8 Å². The highest BCUT2D eigenvalue weighted by molar-refractivity contribution is 6.31. The maximum Gasteiger partial charge on any atom is 0.416 e. The molecule has 2 aromatic carbocycles. The van der Waals surface area contributed by atoms with Gasteiger partial charge in [-0.05, 0) is 43.3 Å². The van der Waals surface area contributed by atoms with Crippen LogP contribution in [0.1, 0.15) is 17.5 Å². The highest BCUT2D eigenvalue weighted by Crippen LogP contribution is 2.41. The number of halogens is 4. The summed E-state index contributed by atoms with van der Waals surface area (Å²) in [5.74, 6) is 1.16. The summed E-state index contributed by atoms with van der Waals surface area (Å²) in [5, 5.41) is 12.9. The van der Waals surface area contributed by atoms with Crippen LogP contribution in [0.5, 0.6) is 17.2 Å². The van der Waals surface area contributed by atoms with E-state index in [0.29, 0.717) is 29.5 Å². The van der Waals surface area contributed by atoms with Crippen molar-refractivity contribution in [3.8, 4) is 17.2 Å². The van der Waals surface area contributed by atoms with E-state index in [1.165, 1.54) is 26.5 Å². The molecule has 2 N–H and O–H groups in total. The first-order chi connectivity index (χ1) is 21.0. The Morgan fingerprint density at radius 3 is 2.48 bits per heavy atom. The quantitative estimate of drug-likeness (QED) is 0.243. The molecule has 1 aliphatic heterocycles. The van der Waals surface area contributed by atoms with Crippen LogP contribution in [-0.4, -0.2) is 91.6 Å². The smallest absolute Gasteiger partial charge is 0.416 e. The molecule has 0 bridgehead atoms. The third-order valence-corrected chi connectivity index (χ3v) is 7.39. The van der Waals surface area contributed by atoms with Crippen LogP contribution in [-0.2, 0) is 12.7 Å². The number of aromatic nitrogens is 2. The number of hydrogen-bond acceptors (Lipinski definition) is 9. The zero-order valence-electron chi connectivity index (χ0n) is 24.5. The number of likely N-dealkylation sites (N-methyl/N-ethyl adjacent to an activating group) is 1. The molecule has 1 amide bonds. The number of piperazine rings is 1. The van der Waals surface area contributed by atoms with Crippen molar-refractivity contribution < 1.29 is 37.3 Å². The fraction of sp³-hybridized carbons (Fsp3) is 0.414. The number of hydrogen-bond donors (Lipinski definition) is 2. The number of benzene rings is 2. The average molecular weight is 639 g/mol. The number of anilines is 3. The molecule has 2 heterocycles. The van der Waals surface area contributed by atoms with E-state index in [4.69, 9.17) is 25.8 Å². The minimum Gasteiger partial charge on any atom is -0.493 e. The van der Waals surface area contributed by atoms with Crippen LogP contribution in [0.25, 0.3) is 0 Å². The number of carboxylic acid groups (broad SMARTS) is 1. The van der Waals surface area contributed by atoms with E-state index in [-0.39, 0.29) is 22.4 Å². The Bertz CT molecular complexity index is 1440. The van der Waals surface area contributed by atoms with E-state index < -0.39 is 24.4 Å². The summed E-state index contributed by atoms with van der Waals surface area (Å²) in [6, 6.07) is 7.38. The second kappa shape index (κ2) is 14.6. The fourth-order valence-electron chi connectivity index (χ4n) is 4.63. The first-order valence-corrected chi connectivity index (χ1v) is 14.1. The third-order valence-electron chi connectivity index (χ3n) is 7.02. The molecule has 1 fully saturated rings. The molecule has 15 heteroatoms. The van der Waals surface area contributed by atoms with Gasteiger partial charge in [-0.15, -0.1) is 0 Å². The molecule has 0 unspecified atom stereocenters. The Morgan fingerprint density at radius 2 is 1.82 bits per heavy atom. The van der Waals surface area contributed by atoms with E-state index in [2.05, 4.69) is 32.1 Å². The van der Waals surface area contributed by atoms with Gasteiger partial charge in [0.2, 0.25) is 11.7 Å². The number of amides is 1. The van der Waals surface area contributed by atoms with Crippen LogP contribution < -0.4 is 24.4 Å². The van der Waals surface area contributed by atoms with Crippen LogP contribution >= 0.6 is 11.6 Å². The number of ether oxygens (including phenoxy) is 3. The molecule has 0 spiro atoms. The molecule has 0 radical (unpaired) electrons. The molecule has 1 aliphatic rings. The van der Waals surface area contributed by atoms with Gasteiger partial charge in [-0.25, -0.2) is 9.78 Å². The van der Waals surface area contributed by atoms with Crippen LogP contribution in [0.2, 0.25) is 5.02 Å². The van der Waals surface area contributed by atoms with Gasteiger partial charge in [0.15, 0.2) is 11.5 Å². The lowest BCUT2D eigenvalue weighted by atomic mass is 10.1. The van der Waals surface area contributed by atoms with Crippen molar-refractivity contribution >= 4 is 35.1 Å². The van der Waals surface area contributed by atoms with Crippen LogP contribution in [0, 0.1) is 0 Å². The molecule has 0 atom stereocenters. The lowest BCUT2D eigenvalue weighted by Gasteiger charge is -2.32. The van der Waals surface area contributed by atoms with Gasteiger partial charge >= 0.3 is 12.3 Å². The second-order valence-corrected chi connectivity index (χ2v) is 10.5. The van der Waals surface area contributed by atoms with E-state index >= 15 is 0 Å². The van der Waals surface area contributed by atoms with Gasteiger partial charge in [0, 0.05) is 61.8 Å². The Morgan fingerprint density at radius 1 is 1.09 bits per heavy atom. The predicted octanol–water partition coefficient (Wildman–Crippen LogP) is 5.61. The van der Waals surface area contributed by atoms with Gasteiger partial charge in [-0.3, -0.25) is 4.90 Å². The minimum absolute atomic E-state index is 0.0157. The van der Waals surface area contributed by atoms with Crippen molar-refractivity contribution in [1.29, 1.82) is 0 Å². The highest BCUT2D eigenvalue weighted by Gasteiger charge is 2.31. The molecule has 11 nitrogen and oxygen atoms in total. The molecule has 1 aromatic heterocycles. The summed E-state index contributed by atoms with van der Waals surface area (Å²) in [4.78, 5) is 26.1. The Balaban J connectivity index is 1.50. The van der Waals surface area contributed by atoms with Crippen LogP contribution in [0.3, 0.4) is 0 Å². The Labute approximate surface area is 258 Å². The van der Waals surface area contributed by atoms with E-state index in [1.807, 2.05) is 0 Å². The lowest BCUT2D eigenvalue weighted by molar-refractivity contribution is -0.137. The second-order valence-electron chi connectivity index (χ2n) is 10.1. The van der Waals surface area contributed by atoms with Gasteiger partial charge in [-0.1, -0.05) is 11.6 Å². The van der Waals surface area contributed by atoms with Gasteiger partial charge in [0.05, 0.1) is 32.9 Å². The average Bonchev–Trinajstić information content (AvgIpc) is 2.98. The third kappa shape index (κ3) is 8.55. The van der Waals surface area contributed by atoms with Gasteiger partial charge in [0.1, 0.15) is 5.82 Å². The van der Waals surface area contributed by atoms with Gasteiger partial charge in [0.25, 0.3) is 0 Å². The Hall–Kier alpha value is -4.01. The van der Waals surface area contributed by atoms with Crippen LogP contribution in [0.4, 0.5) is 35.4 Å². The molecular formula is C29H34ClF3N6O5. The SMILES string of the molecule is COc1cc(Nc2nccc(N(Cc3cc(C(F)(F)F)ccc3Cl)C(=O)O)n2)cc(OCCCN2CCN(C)CC2)c1OC. The summed E-state index contributed by atoms with van der Waals surface area (Å²) >= 11 is 6.11. The zero-order chi connectivity index (χ0) is 31.9. The summed E-state index contributed by atoms with van der Waals surface area (Å²) in [6.45, 7) is 4.95. The summed E-state index contributed by atoms with van der Waals surface area (Å²) in [5.41, 5.74) is -0.513. The number of nitrogens with one attached hydrogen (secondary N) is 1. The Kier molecular flexibility index (Phi) is 10.9. The summed E-state index contributed by atoms with van der Waals surface area (Å²) in [7, 11) is 5.10. The lowest BCUT2D eigenvalue weighted by Crippen LogP contribution is -2.44. The molecule has 3 aromatic rings. The maximum absolute atomic E-state index is 13.3. The fourth-order valence-corrected chi connectivity index (χ4v) is 4.81. The van der Waals surface area contributed by atoms with E-state index in [0.717, 1.165) is 62.2 Å². The van der Waals surface area contributed by atoms with Gasteiger partial charge in [-0.2, -0.15) is 18.2 Å². The van der Waals surface area contributed by atoms with Crippen molar-refractivity contribution in [2.75, 3.05) is 70.8 Å². The largest absolute Gasteiger partial charge is 0.493 e. The first kappa shape index (κ1) is 32.9. The number of carbonyl (C=O) groups is 1.